The fraction of sp³-hybridized carbons (Fsp3) is 0.333. The molecule has 0 aliphatic carbocycles. The number of carbonyl (C=O) groups is 2. The first-order valence-electron chi connectivity index (χ1n) is 6.25. The number of nitrogens with two attached hydrogens (primary N) is 1. The molecule has 1 aromatic rings. The highest BCUT2D eigenvalue weighted by Crippen LogP contribution is 2.12. The molecule has 0 aromatic heterocycles. The summed E-state index contributed by atoms with van der Waals surface area (Å²) in [6, 6.07) is 5.06. The molecule has 0 fully saturated rings. The molecule has 0 radical (unpaired) electrons. The van der Waals surface area contributed by atoms with Crippen molar-refractivity contribution in [2.45, 2.75) is 4.90 Å². The largest absolute Gasteiger partial charge is 0.394 e. The van der Waals surface area contributed by atoms with Crippen molar-refractivity contribution in [2.24, 2.45) is 5.14 Å². The fourth-order valence-electron chi connectivity index (χ4n) is 1.40. The lowest BCUT2D eigenvalue weighted by atomic mass is 10.3. The van der Waals surface area contributed by atoms with Gasteiger partial charge in [0.15, 0.2) is 0 Å². The summed E-state index contributed by atoms with van der Waals surface area (Å²) >= 11 is 0. The summed E-state index contributed by atoms with van der Waals surface area (Å²) in [5, 5.41) is 18.0. The van der Waals surface area contributed by atoms with Crippen LogP contribution in [0.3, 0.4) is 0 Å². The minimum atomic E-state index is -3.81. The Balaban J connectivity index is 2.45. The van der Waals surface area contributed by atoms with Gasteiger partial charge in [-0.15, -0.1) is 0 Å². The van der Waals surface area contributed by atoms with E-state index in [0.29, 0.717) is 0 Å². The summed E-state index contributed by atoms with van der Waals surface area (Å²) in [7, 11) is -3.81. The van der Waals surface area contributed by atoms with E-state index in [0.717, 1.165) is 0 Å². The van der Waals surface area contributed by atoms with E-state index in [9.17, 15) is 18.0 Å². The number of nitrogens with one attached hydrogen (secondary N) is 2. The van der Waals surface area contributed by atoms with Crippen molar-refractivity contribution in [3.05, 3.63) is 24.3 Å². The van der Waals surface area contributed by atoms with E-state index < -0.39 is 21.8 Å². The van der Waals surface area contributed by atoms with Crippen molar-refractivity contribution in [3.63, 3.8) is 0 Å². The number of rotatable bonds is 7. The van der Waals surface area contributed by atoms with Crippen LogP contribution in [0.4, 0.5) is 5.69 Å². The van der Waals surface area contributed by atoms with Gasteiger partial charge in [0.1, 0.15) is 0 Å². The summed E-state index contributed by atoms with van der Waals surface area (Å²) in [6.45, 7) is 0.320. The van der Waals surface area contributed by atoms with E-state index in [1.54, 1.807) is 0 Å². The topological polar surface area (TPSA) is 148 Å². The number of aliphatic hydroxyl groups excluding tert-OH is 1. The highest BCUT2D eigenvalue weighted by molar-refractivity contribution is 7.89. The molecule has 5 N–H and O–H groups in total. The molecule has 122 valence electrons. The van der Waals surface area contributed by atoms with Crippen LogP contribution in [0.2, 0.25) is 0 Å². The van der Waals surface area contributed by atoms with Gasteiger partial charge in [0.05, 0.1) is 24.7 Å². The van der Waals surface area contributed by atoms with Gasteiger partial charge in [-0.3, -0.25) is 9.59 Å². The number of benzene rings is 1. The number of anilines is 1. The number of aliphatic hydroxyl groups is 1. The van der Waals surface area contributed by atoms with Crippen LogP contribution in [0.25, 0.3) is 0 Å². The average Bonchev–Trinajstić information content (AvgIpc) is 2.46. The van der Waals surface area contributed by atoms with E-state index in [1.165, 1.54) is 24.3 Å². The molecular weight excluding hydrogens is 314 g/mol. The van der Waals surface area contributed by atoms with E-state index in [2.05, 4.69) is 10.6 Å². The molecule has 0 unspecified atom stereocenters. The molecule has 2 amide bonds. The van der Waals surface area contributed by atoms with Crippen LogP contribution in [-0.4, -0.2) is 51.7 Å². The van der Waals surface area contributed by atoms with Gasteiger partial charge >= 0.3 is 11.8 Å². The monoisotopic (exact) mass is 331 g/mol. The number of ether oxygens (including phenoxy) is 1. The molecule has 1 aromatic carbocycles. The predicted octanol–water partition coefficient (Wildman–Crippen LogP) is -1.60. The predicted molar refractivity (Wildman–Crippen MR) is 77.4 cm³/mol. The van der Waals surface area contributed by atoms with E-state index in [-0.39, 0.29) is 36.9 Å². The molecule has 22 heavy (non-hydrogen) atoms. The Labute approximate surface area is 127 Å². The van der Waals surface area contributed by atoms with Crippen LogP contribution in [0, 0.1) is 0 Å². The van der Waals surface area contributed by atoms with Crippen molar-refractivity contribution in [3.8, 4) is 0 Å². The quantitative estimate of drug-likeness (QED) is 0.349. The van der Waals surface area contributed by atoms with E-state index >= 15 is 0 Å². The van der Waals surface area contributed by atoms with Crippen LogP contribution in [0.15, 0.2) is 29.2 Å². The maximum Gasteiger partial charge on any atom is 0.313 e. The van der Waals surface area contributed by atoms with Gasteiger partial charge in [-0.2, -0.15) is 0 Å². The number of carbonyl (C=O) groups excluding carboxylic acids is 2. The van der Waals surface area contributed by atoms with Crippen LogP contribution in [0.1, 0.15) is 0 Å². The Morgan fingerprint density at radius 1 is 1.14 bits per heavy atom. The van der Waals surface area contributed by atoms with Gasteiger partial charge in [-0.05, 0) is 24.3 Å². The van der Waals surface area contributed by atoms with E-state index in [4.69, 9.17) is 15.0 Å². The first-order valence-corrected chi connectivity index (χ1v) is 7.80. The van der Waals surface area contributed by atoms with Crippen molar-refractivity contribution in [2.75, 3.05) is 31.7 Å². The maximum absolute atomic E-state index is 11.6. The fourth-order valence-corrected chi connectivity index (χ4v) is 1.91. The molecule has 0 bridgehead atoms. The molecule has 9 nitrogen and oxygen atoms in total. The highest BCUT2D eigenvalue weighted by atomic mass is 32.2. The number of hydrogen-bond acceptors (Lipinski definition) is 6. The molecule has 0 saturated heterocycles. The second-order valence-electron chi connectivity index (χ2n) is 4.12. The molecule has 0 aliphatic rings. The standard InChI is InChI=1S/C12H17N3O6S/c13-22(19,20)10-3-1-9(2-4-10)15-12(18)11(17)14-5-7-21-8-6-16/h1-4,16H,5-8H2,(H,14,17)(H,15,18)(H2,13,19,20). The minimum Gasteiger partial charge on any atom is -0.394 e. The van der Waals surface area contributed by atoms with E-state index in [1.807, 2.05) is 0 Å². The molecule has 0 aliphatic heterocycles. The van der Waals surface area contributed by atoms with Crippen molar-refractivity contribution in [1.29, 1.82) is 0 Å². The summed E-state index contributed by atoms with van der Waals surface area (Å²) < 4.78 is 27.0. The summed E-state index contributed by atoms with van der Waals surface area (Å²) in [5.41, 5.74) is 0.254. The van der Waals surface area contributed by atoms with Gasteiger partial charge in [-0.1, -0.05) is 0 Å². The SMILES string of the molecule is NS(=O)(=O)c1ccc(NC(=O)C(=O)NCCOCCO)cc1. The van der Waals surface area contributed by atoms with Crippen LogP contribution in [-0.2, 0) is 24.3 Å². The van der Waals surface area contributed by atoms with Crippen molar-refractivity contribution >= 4 is 27.5 Å². The van der Waals surface area contributed by atoms with Crippen molar-refractivity contribution in [1.82, 2.24) is 5.32 Å². The zero-order valence-electron chi connectivity index (χ0n) is 11.6. The lowest BCUT2D eigenvalue weighted by Crippen LogP contribution is -2.37. The molecule has 0 heterocycles. The van der Waals surface area contributed by atoms with Gasteiger partial charge < -0.3 is 20.5 Å². The lowest BCUT2D eigenvalue weighted by molar-refractivity contribution is -0.136. The molecule has 1 rings (SSSR count). The molecule has 0 atom stereocenters. The third-order valence-corrected chi connectivity index (χ3v) is 3.34. The summed E-state index contributed by atoms with van der Waals surface area (Å²) in [6.07, 6.45) is 0. The second kappa shape index (κ2) is 8.44. The Morgan fingerprint density at radius 3 is 2.32 bits per heavy atom. The Morgan fingerprint density at radius 2 is 1.77 bits per heavy atom. The molecule has 10 heteroatoms. The molecular formula is C12H17N3O6S. The third-order valence-electron chi connectivity index (χ3n) is 2.41. The Bertz CT molecular complexity index is 614. The minimum absolute atomic E-state index is 0.101. The van der Waals surface area contributed by atoms with Crippen LogP contribution in [0.5, 0.6) is 0 Å². The Hall–Kier alpha value is -2.01. The third kappa shape index (κ3) is 6.18. The van der Waals surface area contributed by atoms with Crippen molar-refractivity contribution < 1.29 is 27.9 Å². The first kappa shape index (κ1) is 18.0. The zero-order chi connectivity index (χ0) is 16.6. The Kier molecular flexibility index (Phi) is 6.92. The average molecular weight is 331 g/mol. The van der Waals surface area contributed by atoms with Crippen LogP contribution >= 0.6 is 0 Å². The number of primary sulfonamides is 1. The maximum atomic E-state index is 11.6. The van der Waals surface area contributed by atoms with Gasteiger partial charge in [0.25, 0.3) is 0 Å². The van der Waals surface area contributed by atoms with Gasteiger partial charge in [-0.25, -0.2) is 13.6 Å². The number of sulfonamides is 1. The van der Waals surface area contributed by atoms with Crippen LogP contribution < -0.4 is 15.8 Å². The second-order valence-corrected chi connectivity index (χ2v) is 5.68. The zero-order valence-corrected chi connectivity index (χ0v) is 12.4. The lowest BCUT2D eigenvalue weighted by Gasteiger charge is -2.07. The normalized spacial score (nSPS) is 11.0. The highest BCUT2D eigenvalue weighted by Gasteiger charge is 2.13. The first-order chi connectivity index (χ1) is 10.3. The van der Waals surface area contributed by atoms with Gasteiger partial charge in [0.2, 0.25) is 10.0 Å². The number of amides is 2. The molecule has 0 spiro atoms. The van der Waals surface area contributed by atoms with Gasteiger partial charge in [0, 0.05) is 12.2 Å². The summed E-state index contributed by atoms with van der Waals surface area (Å²) in [5.74, 6) is -1.76. The smallest absolute Gasteiger partial charge is 0.313 e. The number of hydrogen-bond donors (Lipinski definition) is 4. The molecule has 0 saturated carbocycles. The summed E-state index contributed by atoms with van der Waals surface area (Å²) in [4.78, 5) is 22.9.